The third-order valence-corrected chi connectivity index (χ3v) is 3.74. The van der Waals surface area contributed by atoms with Crippen molar-refractivity contribution in [2.75, 3.05) is 0 Å². The normalized spacial score (nSPS) is 10.5. The average molecular weight is 270 g/mol. The van der Waals surface area contributed by atoms with Gasteiger partial charge in [0.15, 0.2) is 0 Å². The number of hydrogen-bond acceptors (Lipinski definition) is 3. The number of halogens is 2. The summed E-state index contributed by atoms with van der Waals surface area (Å²) >= 11 is 7.07. The lowest BCUT2D eigenvalue weighted by molar-refractivity contribution is 0.277. The van der Waals surface area contributed by atoms with Gasteiger partial charge in [-0.3, -0.25) is 0 Å². The van der Waals surface area contributed by atoms with Gasteiger partial charge in [0.2, 0.25) is 0 Å². The van der Waals surface area contributed by atoms with Crippen molar-refractivity contribution in [2.24, 2.45) is 0 Å². The molecule has 1 N–H and O–H groups in total. The van der Waals surface area contributed by atoms with Crippen LogP contribution in [0.25, 0.3) is 0 Å². The molecule has 0 aliphatic carbocycles. The molecule has 0 unspecified atom stereocenters. The van der Waals surface area contributed by atoms with Crippen molar-refractivity contribution in [1.29, 1.82) is 0 Å². The van der Waals surface area contributed by atoms with E-state index >= 15 is 0 Å². The van der Waals surface area contributed by atoms with Gasteiger partial charge in [0.25, 0.3) is 0 Å². The molecule has 0 spiro atoms. The van der Waals surface area contributed by atoms with E-state index < -0.39 is 0 Å². The molecular formula is C12H9ClFNOS. The van der Waals surface area contributed by atoms with Crippen molar-refractivity contribution in [3.8, 4) is 0 Å². The number of aromatic nitrogens is 1. The van der Waals surface area contributed by atoms with E-state index in [1.165, 1.54) is 6.07 Å². The number of pyridine rings is 1. The minimum absolute atomic E-state index is 0.218. The van der Waals surface area contributed by atoms with Gasteiger partial charge in [0, 0.05) is 6.20 Å². The van der Waals surface area contributed by atoms with Crippen LogP contribution in [0.4, 0.5) is 4.39 Å². The van der Waals surface area contributed by atoms with Crippen molar-refractivity contribution in [2.45, 2.75) is 16.5 Å². The van der Waals surface area contributed by atoms with Gasteiger partial charge in [0.1, 0.15) is 10.8 Å². The standard InChI is InChI=1S/C12H9ClFNOS/c13-9-4-2-6-15-12(9)17-11-8(7-16)3-1-5-10(11)14/h1-6,16H,7H2. The summed E-state index contributed by atoms with van der Waals surface area (Å²) in [5.41, 5.74) is 0.525. The first kappa shape index (κ1) is 12.4. The maximum atomic E-state index is 13.7. The molecule has 0 atom stereocenters. The van der Waals surface area contributed by atoms with Gasteiger partial charge >= 0.3 is 0 Å². The molecule has 2 aromatic rings. The lowest BCUT2D eigenvalue weighted by Crippen LogP contribution is -1.92. The zero-order chi connectivity index (χ0) is 12.3. The van der Waals surface area contributed by atoms with Crippen LogP contribution in [-0.4, -0.2) is 10.1 Å². The van der Waals surface area contributed by atoms with E-state index in [0.29, 0.717) is 20.5 Å². The van der Waals surface area contributed by atoms with Crippen LogP contribution in [0.2, 0.25) is 5.02 Å². The monoisotopic (exact) mass is 269 g/mol. The summed E-state index contributed by atoms with van der Waals surface area (Å²) in [5.74, 6) is -0.386. The second-order valence-electron chi connectivity index (χ2n) is 3.28. The largest absolute Gasteiger partial charge is 0.392 e. The Morgan fingerprint density at radius 3 is 2.82 bits per heavy atom. The van der Waals surface area contributed by atoms with Crippen LogP contribution in [0.15, 0.2) is 46.5 Å². The second-order valence-corrected chi connectivity index (χ2v) is 4.68. The van der Waals surface area contributed by atoms with Crippen LogP contribution in [-0.2, 0) is 6.61 Å². The number of rotatable bonds is 3. The number of benzene rings is 1. The number of aliphatic hydroxyl groups excluding tert-OH is 1. The average Bonchev–Trinajstić information content (AvgIpc) is 2.34. The molecule has 1 aromatic carbocycles. The summed E-state index contributed by atoms with van der Waals surface area (Å²) in [5, 5.41) is 10.1. The van der Waals surface area contributed by atoms with E-state index in [2.05, 4.69) is 4.98 Å². The molecule has 0 amide bonds. The van der Waals surface area contributed by atoms with Crippen LogP contribution in [0.3, 0.4) is 0 Å². The first-order chi connectivity index (χ1) is 8.22. The molecule has 5 heteroatoms. The Bertz CT molecular complexity index is 536. The number of hydrogen-bond donors (Lipinski definition) is 1. The second kappa shape index (κ2) is 5.49. The molecule has 1 aromatic heterocycles. The van der Waals surface area contributed by atoms with Gasteiger partial charge in [-0.15, -0.1) is 0 Å². The molecule has 88 valence electrons. The summed E-state index contributed by atoms with van der Waals surface area (Å²) in [7, 11) is 0. The first-order valence-corrected chi connectivity index (χ1v) is 6.08. The molecule has 1 heterocycles. The van der Waals surface area contributed by atoms with Gasteiger partial charge in [-0.05, 0) is 23.8 Å². The molecule has 0 aliphatic heterocycles. The Hall–Kier alpha value is -1.10. The summed E-state index contributed by atoms with van der Waals surface area (Å²) in [6.45, 7) is -0.218. The third-order valence-electron chi connectivity index (χ3n) is 2.14. The molecule has 0 fully saturated rings. The Morgan fingerprint density at radius 2 is 2.12 bits per heavy atom. The summed E-state index contributed by atoms with van der Waals surface area (Å²) in [6.07, 6.45) is 1.59. The lowest BCUT2D eigenvalue weighted by atomic mass is 10.2. The molecule has 0 bridgehead atoms. The van der Waals surface area contributed by atoms with Crippen LogP contribution in [0, 0.1) is 5.82 Å². The van der Waals surface area contributed by atoms with Gasteiger partial charge in [-0.2, -0.15) is 0 Å². The lowest BCUT2D eigenvalue weighted by Gasteiger charge is -2.08. The Kier molecular flexibility index (Phi) is 3.99. The van der Waals surface area contributed by atoms with Crippen molar-refractivity contribution in [3.05, 3.63) is 52.9 Å². The summed E-state index contributed by atoms with van der Waals surface area (Å²) in [6, 6.07) is 7.97. The summed E-state index contributed by atoms with van der Waals surface area (Å²) < 4.78 is 13.7. The minimum Gasteiger partial charge on any atom is -0.392 e. The zero-order valence-corrected chi connectivity index (χ0v) is 10.3. The highest BCUT2D eigenvalue weighted by Crippen LogP contribution is 2.35. The molecular weight excluding hydrogens is 261 g/mol. The van der Waals surface area contributed by atoms with Gasteiger partial charge in [-0.25, -0.2) is 9.37 Å². The molecule has 0 aliphatic rings. The minimum atomic E-state index is -0.386. The predicted molar refractivity (Wildman–Crippen MR) is 65.7 cm³/mol. The Labute approximate surface area is 107 Å². The van der Waals surface area contributed by atoms with Gasteiger partial charge < -0.3 is 5.11 Å². The molecule has 0 radical (unpaired) electrons. The fraction of sp³-hybridized carbons (Fsp3) is 0.0833. The third kappa shape index (κ3) is 2.77. The Balaban J connectivity index is 2.39. The van der Waals surface area contributed by atoms with E-state index in [9.17, 15) is 4.39 Å². The van der Waals surface area contributed by atoms with Crippen LogP contribution >= 0.6 is 23.4 Å². The topological polar surface area (TPSA) is 33.1 Å². The highest BCUT2D eigenvalue weighted by Gasteiger charge is 2.12. The maximum absolute atomic E-state index is 13.7. The van der Waals surface area contributed by atoms with Crippen LogP contribution < -0.4 is 0 Å². The molecule has 2 rings (SSSR count). The van der Waals surface area contributed by atoms with E-state index in [1.54, 1.807) is 30.5 Å². The van der Waals surface area contributed by atoms with Gasteiger partial charge in [-0.1, -0.05) is 35.5 Å². The van der Waals surface area contributed by atoms with E-state index in [0.717, 1.165) is 11.8 Å². The van der Waals surface area contributed by atoms with Crippen molar-refractivity contribution in [1.82, 2.24) is 4.98 Å². The van der Waals surface area contributed by atoms with Crippen LogP contribution in [0.5, 0.6) is 0 Å². The highest BCUT2D eigenvalue weighted by atomic mass is 35.5. The number of aliphatic hydroxyl groups is 1. The molecule has 0 saturated heterocycles. The first-order valence-electron chi connectivity index (χ1n) is 4.89. The molecule has 2 nitrogen and oxygen atoms in total. The van der Waals surface area contributed by atoms with E-state index in [-0.39, 0.29) is 12.4 Å². The predicted octanol–water partition coefficient (Wildman–Crippen LogP) is 3.52. The quantitative estimate of drug-likeness (QED) is 0.926. The van der Waals surface area contributed by atoms with Crippen molar-refractivity contribution < 1.29 is 9.50 Å². The highest BCUT2D eigenvalue weighted by molar-refractivity contribution is 7.99. The number of nitrogens with zero attached hydrogens (tertiary/aromatic N) is 1. The van der Waals surface area contributed by atoms with E-state index in [4.69, 9.17) is 16.7 Å². The smallest absolute Gasteiger partial charge is 0.137 e. The zero-order valence-electron chi connectivity index (χ0n) is 8.73. The fourth-order valence-electron chi connectivity index (χ4n) is 1.34. The van der Waals surface area contributed by atoms with Gasteiger partial charge in [0.05, 0.1) is 16.5 Å². The molecule has 17 heavy (non-hydrogen) atoms. The Morgan fingerprint density at radius 1 is 1.29 bits per heavy atom. The van der Waals surface area contributed by atoms with E-state index in [1.807, 2.05) is 0 Å². The fourth-order valence-corrected chi connectivity index (χ4v) is 2.47. The van der Waals surface area contributed by atoms with Crippen molar-refractivity contribution in [3.63, 3.8) is 0 Å². The maximum Gasteiger partial charge on any atom is 0.137 e. The van der Waals surface area contributed by atoms with Crippen molar-refractivity contribution >= 4 is 23.4 Å². The van der Waals surface area contributed by atoms with Crippen LogP contribution in [0.1, 0.15) is 5.56 Å². The molecule has 0 saturated carbocycles. The summed E-state index contributed by atoms with van der Waals surface area (Å²) in [4.78, 5) is 4.43. The SMILES string of the molecule is OCc1cccc(F)c1Sc1ncccc1Cl.